The highest BCUT2D eigenvalue weighted by atomic mass is 32.2. The molecule has 0 aliphatic carbocycles. The van der Waals surface area contributed by atoms with Crippen molar-refractivity contribution in [1.82, 2.24) is 14.3 Å². The molecule has 0 bridgehead atoms. The van der Waals surface area contributed by atoms with Crippen molar-refractivity contribution in [2.24, 2.45) is 0 Å². The molecule has 158 valence electrons. The fourth-order valence-electron chi connectivity index (χ4n) is 3.03. The van der Waals surface area contributed by atoms with Crippen LogP contribution in [-0.4, -0.2) is 77.0 Å². The van der Waals surface area contributed by atoms with Gasteiger partial charge in [-0.2, -0.15) is 17.5 Å². The summed E-state index contributed by atoms with van der Waals surface area (Å²) in [5.74, 6) is -1.89. The number of hydrogen-bond acceptors (Lipinski definition) is 7. The summed E-state index contributed by atoms with van der Waals surface area (Å²) < 4.78 is 63.1. The summed E-state index contributed by atoms with van der Waals surface area (Å²) in [7, 11) is -3.13. The van der Waals surface area contributed by atoms with Crippen LogP contribution in [0.2, 0.25) is 0 Å². The third-order valence-electron chi connectivity index (χ3n) is 4.41. The van der Waals surface area contributed by atoms with Gasteiger partial charge < -0.3 is 15.2 Å². The number of aliphatic carboxylic acids is 1. The topological polar surface area (TPSA) is 122 Å². The van der Waals surface area contributed by atoms with Gasteiger partial charge in [0.15, 0.2) is 0 Å². The van der Waals surface area contributed by atoms with E-state index in [4.69, 9.17) is 14.6 Å². The zero-order valence-electron chi connectivity index (χ0n) is 15.0. The molecule has 3 heterocycles. The Morgan fingerprint density at radius 2 is 2.14 bits per heavy atom. The summed E-state index contributed by atoms with van der Waals surface area (Å²) in [6, 6.07) is 0.144. The van der Waals surface area contributed by atoms with Gasteiger partial charge in [0, 0.05) is 31.9 Å². The third-order valence-corrected chi connectivity index (χ3v) is 6.23. The van der Waals surface area contributed by atoms with Gasteiger partial charge in [-0.1, -0.05) is 0 Å². The molecule has 2 aliphatic rings. The van der Waals surface area contributed by atoms with Crippen molar-refractivity contribution in [3.05, 3.63) is 18.6 Å². The van der Waals surface area contributed by atoms with Crippen molar-refractivity contribution in [3.8, 4) is 0 Å². The number of carbonyl (C=O) groups is 1. The minimum atomic E-state index is -5.08. The molecular weight excluding hydrogens is 405 g/mol. The largest absolute Gasteiger partial charge is 0.490 e. The van der Waals surface area contributed by atoms with Gasteiger partial charge in [-0.3, -0.25) is 4.98 Å². The lowest BCUT2D eigenvalue weighted by Crippen LogP contribution is -2.37. The molecule has 0 saturated carbocycles. The van der Waals surface area contributed by atoms with E-state index in [9.17, 15) is 21.6 Å². The Bertz CT molecular complexity index is 778. The van der Waals surface area contributed by atoms with Crippen molar-refractivity contribution in [2.75, 3.05) is 30.8 Å². The number of carboxylic acid groups (broad SMARTS) is 1. The number of nitrogens with zero attached hydrogens (tertiary/aromatic N) is 3. The number of ether oxygens (including phenoxy) is 1. The van der Waals surface area contributed by atoms with Crippen molar-refractivity contribution in [2.45, 2.75) is 37.6 Å². The minimum Gasteiger partial charge on any atom is -0.475 e. The van der Waals surface area contributed by atoms with E-state index >= 15 is 0 Å². The molecule has 2 N–H and O–H groups in total. The Labute approximate surface area is 160 Å². The molecule has 0 aromatic carbocycles. The first-order valence-electron chi connectivity index (χ1n) is 8.42. The van der Waals surface area contributed by atoms with E-state index in [1.165, 1.54) is 0 Å². The second-order valence-corrected chi connectivity index (χ2v) is 8.67. The van der Waals surface area contributed by atoms with Gasteiger partial charge >= 0.3 is 12.1 Å². The maximum atomic E-state index is 12.0. The highest BCUT2D eigenvalue weighted by molar-refractivity contribution is 7.89. The van der Waals surface area contributed by atoms with E-state index in [0.29, 0.717) is 19.7 Å². The fraction of sp³-hybridized carbons (Fsp3) is 0.667. The Balaban J connectivity index is 0.000000345. The zero-order chi connectivity index (χ0) is 21.0. The van der Waals surface area contributed by atoms with Crippen LogP contribution in [-0.2, 0) is 19.6 Å². The summed E-state index contributed by atoms with van der Waals surface area (Å²) >= 11 is 0. The van der Waals surface area contributed by atoms with Gasteiger partial charge in [0.2, 0.25) is 10.0 Å². The van der Waals surface area contributed by atoms with E-state index in [0.717, 1.165) is 18.7 Å². The molecule has 0 radical (unpaired) electrons. The Hall–Kier alpha value is -1.99. The molecule has 1 spiro atoms. The van der Waals surface area contributed by atoms with Crippen LogP contribution in [0.4, 0.5) is 19.0 Å². The number of anilines is 1. The number of alkyl halides is 3. The normalized spacial score (nSPS) is 25.4. The lowest BCUT2D eigenvalue weighted by molar-refractivity contribution is -0.192. The first kappa shape index (κ1) is 22.3. The van der Waals surface area contributed by atoms with Gasteiger partial charge in [0.25, 0.3) is 0 Å². The molecule has 9 nitrogen and oxygen atoms in total. The van der Waals surface area contributed by atoms with Crippen LogP contribution in [0.1, 0.15) is 19.8 Å². The molecule has 1 aromatic heterocycles. The maximum absolute atomic E-state index is 12.0. The number of rotatable bonds is 4. The quantitative estimate of drug-likeness (QED) is 0.734. The van der Waals surface area contributed by atoms with E-state index in [1.807, 2.05) is 0 Å². The van der Waals surface area contributed by atoms with Crippen molar-refractivity contribution in [3.63, 3.8) is 0 Å². The lowest BCUT2D eigenvalue weighted by atomic mass is 9.97. The predicted molar refractivity (Wildman–Crippen MR) is 92.1 cm³/mol. The van der Waals surface area contributed by atoms with Crippen LogP contribution >= 0.6 is 0 Å². The van der Waals surface area contributed by atoms with Crippen LogP contribution in [0.5, 0.6) is 0 Å². The first-order valence-corrected chi connectivity index (χ1v) is 10.0. The number of aromatic nitrogens is 2. The van der Waals surface area contributed by atoms with Gasteiger partial charge in [-0.25, -0.2) is 18.2 Å². The lowest BCUT2D eigenvalue weighted by Gasteiger charge is -2.23. The van der Waals surface area contributed by atoms with Crippen molar-refractivity contribution < 1.29 is 36.2 Å². The maximum Gasteiger partial charge on any atom is 0.490 e. The number of nitrogens with one attached hydrogen (secondary N) is 1. The first-order chi connectivity index (χ1) is 13.0. The molecule has 2 fully saturated rings. The predicted octanol–water partition coefficient (Wildman–Crippen LogP) is 1.10. The highest BCUT2D eigenvalue weighted by Crippen LogP contribution is 2.37. The smallest absolute Gasteiger partial charge is 0.475 e. The third kappa shape index (κ3) is 5.75. The molecule has 2 unspecified atom stereocenters. The number of hydrogen-bond donors (Lipinski definition) is 2. The van der Waals surface area contributed by atoms with E-state index in [1.54, 1.807) is 29.8 Å². The van der Waals surface area contributed by atoms with E-state index in [-0.39, 0.29) is 17.4 Å². The zero-order valence-corrected chi connectivity index (χ0v) is 15.8. The molecule has 13 heteroatoms. The molecule has 2 saturated heterocycles. The van der Waals surface area contributed by atoms with Crippen LogP contribution in [0.3, 0.4) is 0 Å². The summed E-state index contributed by atoms with van der Waals surface area (Å²) in [4.78, 5) is 17.1. The second-order valence-electron chi connectivity index (χ2n) is 6.42. The summed E-state index contributed by atoms with van der Waals surface area (Å²) in [5, 5.41) is 10.4. The number of halogens is 3. The Morgan fingerprint density at radius 3 is 2.68 bits per heavy atom. The minimum absolute atomic E-state index is 0.143. The van der Waals surface area contributed by atoms with Crippen LogP contribution < -0.4 is 5.32 Å². The second kappa shape index (κ2) is 8.57. The highest BCUT2D eigenvalue weighted by Gasteiger charge is 2.48. The van der Waals surface area contributed by atoms with E-state index in [2.05, 4.69) is 15.3 Å². The molecule has 2 aliphatic heterocycles. The number of sulfonamides is 1. The monoisotopic (exact) mass is 426 g/mol. The average Bonchev–Trinajstić information content (AvgIpc) is 3.23. The molecule has 28 heavy (non-hydrogen) atoms. The van der Waals surface area contributed by atoms with E-state index < -0.39 is 22.2 Å². The van der Waals surface area contributed by atoms with Crippen LogP contribution in [0.25, 0.3) is 0 Å². The van der Waals surface area contributed by atoms with Crippen LogP contribution in [0.15, 0.2) is 18.6 Å². The van der Waals surface area contributed by atoms with Crippen molar-refractivity contribution in [1.29, 1.82) is 0 Å². The van der Waals surface area contributed by atoms with Crippen LogP contribution in [0, 0.1) is 0 Å². The molecule has 0 amide bonds. The molecular formula is C15H21F3N4O5S. The summed E-state index contributed by atoms with van der Waals surface area (Å²) in [6.07, 6.45) is 1.40. The summed E-state index contributed by atoms with van der Waals surface area (Å²) in [5.41, 5.74) is -0.345. The number of carboxylic acids is 1. The van der Waals surface area contributed by atoms with Crippen molar-refractivity contribution >= 4 is 21.8 Å². The standard InChI is InChI=1S/C13H20N4O3S.C2HF3O2/c1-2-21(18,19)17-6-3-13(10-17)7-11(9-20-13)16-12-8-14-4-5-15-12;3-2(4,5)1(6)7/h4-5,8,11H,2-3,6-7,9-10H2,1H3,(H,15,16);(H,6,7). The molecule has 1 aromatic rings. The van der Waals surface area contributed by atoms with Gasteiger partial charge in [-0.05, 0) is 13.3 Å². The fourth-order valence-corrected chi connectivity index (χ4v) is 4.20. The van der Waals surface area contributed by atoms with Gasteiger partial charge in [0.1, 0.15) is 5.82 Å². The Kier molecular flexibility index (Phi) is 6.83. The molecule has 2 atom stereocenters. The average molecular weight is 426 g/mol. The molecule has 3 rings (SSSR count). The Morgan fingerprint density at radius 1 is 1.46 bits per heavy atom. The summed E-state index contributed by atoms with van der Waals surface area (Å²) in [6.45, 7) is 3.25. The van der Waals surface area contributed by atoms with Gasteiger partial charge in [-0.15, -0.1) is 0 Å². The SMILES string of the molecule is CCS(=O)(=O)N1CCC2(CC(Nc3cnccn3)CO2)C1.O=C(O)C(F)(F)F. The van der Waals surface area contributed by atoms with Gasteiger partial charge in [0.05, 0.1) is 30.2 Å².